The van der Waals surface area contributed by atoms with E-state index in [0.29, 0.717) is 27.9 Å². The normalized spacial score (nSPS) is 9.81. The minimum Gasteiger partial charge on any atom is -0.505 e. The molecule has 7 heteroatoms. The van der Waals surface area contributed by atoms with Crippen LogP contribution in [-0.4, -0.2) is 29.1 Å². The zero-order valence-electron chi connectivity index (χ0n) is 14.0. The van der Waals surface area contributed by atoms with E-state index in [-0.39, 0.29) is 18.1 Å². The van der Waals surface area contributed by atoms with E-state index in [0.717, 1.165) is 5.57 Å². The van der Waals surface area contributed by atoms with E-state index in [1.165, 1.54) is 12.3 Å². The van der Waals surface area contributed by atoms with Crippen LogP contribution in [0.25, 0.3) is 0 Å². The summed E-state index contributed by atoms with van der Waals surface area (Å²) in [5.41, 5.74) is 1.17. The highest BCUT2D eigenvalue weighted by Gasteiger charge is 2.12. The van der Waals surface area contributed by atoms with E-state index in [1.807, 2.05) is 0 Å². The Morgan fingerprint density at radius 3 is 2.88 bits per heavy atom. The highest BCUT2D eigenvalue weighted by Crippen LogP contribution is 2.31. The molecule has 5 nitrogen and oxygen atoms in total. The lowest BCUT2D eigenvalue weighted by Gasteiger charge is -2.06. The molecule has 0 bridgehead atoms. The summed E-state index contributed by atoms with van der Waals surface area (Å²) >= 11 is 11.9. The standard InChI is InChI=1S/C19H16Cl2N2O3/c1-12(2)10-23-19(25)18-15(24)9-13(11-22-18)5-4-8-26-16-7-3-6-14(20)17(16)21/h3,6-7,9,11,24H,1,8,10H2,2H3,(H,23,25). The minimum atomic E-state index is -0.482. The molecule has 1 amide bonds. The Balaban J connectivity index is 2.00. The number of hydrogen-bond acceptors (Lipinski definition) is 4. The number of amides is 1. The number of pyridine rings is 1. The summed E-state index contributed by atoms with van der Waals surface area (Å²) in [5.74, 6) is 5.25. The van der Waals surface area contributed by atoms with Crippen molar-refractivity contribution in [3.05, 3.63) is 63.9 Å². The summed E-state index contributed by atoms with van der Waals surface area (Å²) in [6.07, 6.45) is 1.40. The second-order valence-electron chi connectivity index (χ2n) is 5.37. The summed E-state index contributed by atoms with van der Waals surface area (Å²) in [6, 6.07) is 6.42. The van der Waals surface area contributed by atoms with Gasteiger partial charge < -0.3 is 15.2 Å². The molecule has 0 aliphatic carbocycles. The molecule has 2 aromatic rings. The highest BCUT2D eigenvalue weighted by atomic mass is 35.5. The molecule has 1 aromatic heterocycles. The van der Waals surface area contributed by atoms with Crippen LogP contribution in [0, 0.1) is 11.8 Å². The Morgan fingerprint density at radius 1 is 1.42 bits per heavy atom. The molecule has 0 radical (unpaired) electrons. The van der Waals surface area contributed by atoms with Crippen LogP contribution in [0.2, 0.25) is 10.0 Å². The first-order chi connectivity index (χ1) is 12.4. The average Bonchev–Trinajstić information content (AvgIpc) is 2.60. The Bertz CT molecular complexity index is 901. The van der Waals surface area contributed by atoms with Crippen LogP contribution in [0.4, 0.5) is 0 Å². The van der Waals surface area contributed by atoms with Gasteiger partial charge in [0.25, 0.3) is 5.91 Å². The smallest absolute Gasteiger partial charge is 0.273 e. The zero-order valence-corrected chi connectivity index (χ0v) is 15.5. The van der Waals surface area contributed by atoms with Crippen molar-refractivity contribution in [1.82, 2.24) is 10.3 Å². The van der Waals surface area contributed by atoms with Crippen molar-refractivity contribution in [3.8, 4) is 23.3 Å². The molecule has 0 atom stereocenters. The van der Waals surface area contributed by atoms with E-state index >= 15 is 0 Å². The third-order valence-corrected chi connectivity index (χ3v) is 3.88. The van der Waals surface area contributed by atoms with Gasteiger partial charge >= 0.3 is 0 Å². The third kappa shape index (κ3) is 5.41. The van der Waals surface area contributed by atoms with E-state index in [2.05, 4.69) is 28.7 Å². The molecule has 0 fully saturated rings. The number of aromatic nitrogens is 1. The van der Waals surface area contributed by atoms with Gasteiger partial charge in [0.15, 0.2) is 5.69 Å². The Kier molecular flexibility index (Phi) is 6.90. The molecule has 0 saturated carbocycles. The highest BCUT2D eigenvalue weighted by molar-refractivity contribution is 6.42. The van der Waals surface area contributed by atoms with E-state index in [4.69, 9.17) is 27.9 Å². The van der Waals surface area contributed by atoms with Gasteiger partial charge in [0, 0.05) is 18.3 Å². The minimum absolute atomic E-state index is 0.0706. The molecule has 134 valence electrons. The van der Waals surface area contributed by atoms with Crippen LogP contribution in [0.5, 0.6) is 11.5 Å². The van der Waals surface area contributed by atoms with Crippen molar-refractivity contribution in [1.29, 1.82) is 0 Å². The summed E-state index contributed by atoms with van der Waals surface area (Å²) < 4.78 is 5.44. The van der Waals surface area contributed by atoms with Gasteiger partial charge in [0.1, 0.15) is 23.1 Å². The molecule has 0 aliphatic rings. The molecule has 1 aromatic carbocycles. The number of halogens is 2. The fourth-order valence-electron chi connectivity index (χ4n) is 1.86. The maximum Gasteiger partial charge on any atom is 0.273 e. The van der Waals surface area contributed by atoms with Crippen molar-refractivity contribution >= 4 is 29.1 Å². The van der Waals surface area contributed by atoms with Crippen molar-refractivity contribution in [2.24, 2.45) is 0 Å². The lowest BCUT2D eigenvalue weighted by molar-refractivity contribution is 0.0949. The summed E-state index contributed by atoms with van der Waals surface area (Å²) in [4.78, 5) is 15.8. The van der Waals surface area contributed by atoms with Gasteiger partial charge in [-0.25, -0.2) is 4.98 Å². The van der Waals surface area contributed by atoms with Gasteiger partial charge in [0.2, 0.25) is 0 Å². The molecule has 2 N–H and O–H groups in total. The topological polar surface area (TPSA) is 71.5 Å². The maximum atomic E-state index is 11.9. The fourth-order valence-corrected chi connectivity index (χ4v) is 2.21. The molecule has 0 unspecified atom stereocenters. The first-order valence-electron chi connectivity index (χ1n) is 7.55. The maximum absolute atomic E-state index is 11.9. The monoisotopic (exact) mass is 390 g/mol. The quantitative estimate of drug-likeness (QED) is 0.600. The number of hydrogen-bond donors (Lipinski definition) is 2. The van der Waals surface area contributed by atoms with Crippen molar-refractivity contribution in [2.45, 2.75) is 6.92 Å². The van der Waals surface area contributed by atoms with Crippen molar-refractivity contribution < 1.29 is 14.6 Å². The van der Waals surface area contributed by atoms with Crippen LogP contribution in [0.1, 0.15) is 23.0 Å². The van der Waals surface area contributed by atoms with Crippen molar-refractivity contribution in [2.75, 3.05) is 13.2 Å². The second kappa shape index (κ2) is 9.14. The van der Waals surface area contributed by atoms with E-state index in [9.17, 15) is 9.90 Å². The largest absolute Gasteiger partial charge is 0.505 e. The number of benzene rings is 1. The molecular formula is C19H16Cl2N2O3. The average molecular weight is 391 g/mol. The van der Waals surface area contributed by atoms with Crippen LogP contribution in [0.15, 0.2) is 42.6 Å². The summed E-state index contributed by atoms with van der Waals surface area (Å²) in [6.45, 7) is 5.85. The molecule has 0 spiro atoms. The predicted octanol–water partition coefficient (Wildman–Crippen LogP) is 3.83. The molecular weight excluding hydrogens is 375 g/mol. The number of ether oxygens (including phenoxy) is 1. The first kappa shape index (κ1) is 19.6. The van der Waals surface area contributed by atoms with Gasteiger partial charge in [0.05, 0.1) is 5.02 Å². The predicted molar refractivity (Wildman–Crippen MR) is 102 cm³/mol. The van der Waals surface area contributed by atoms with Gasteiger partial charge in [-0.05, 0) is 25.1 Å². The van der Waals surface area contributed by atoms with Crippen molar-refractivity contribution in [3.63, 3.8) is 0 Å². The van der Waals surface area contributed by atoms with Gasteiger partial charge in [-0.3, -0.25) is 4.79 Å². The fraction of sp³-hybridized carbons (Fsp3) is 0.158. The first-order valence-corrected chi connectivity index (χ1v) is 8.31. The van der Waals surface area contributed by atoms with Gasteiger partial charge in [-0.15, -0.1) is 0 Å². The van der Waals surface area contributed by atoms with Crippen LogP contribution in [0.3, 0.4) is 0 Å². The number of rotatable bonds is 5. The Morgan fingerprint density at radius 2 is 2.19 bits per heavy atom. The number of carbonyl (C=O) groups excluding carboxylic acids is 1. The van der Waals surface area contributed by atoms with Crippen LogP contribution >= 0.6 is 23.2 Å². The van der Waals surface area contributed by atoms with E-state index in [1.54, 1.807) is 25.1 Å². The van der Waals surface area contributed by atoms with Crippen LogP contribution in [-0.2, 0) is 0 Å². The van der Waals surface area contributed by atoms with Crippen LogP contribution < -0.4 is 10.1 Å². The number of nitrogens with zero attached hydrogens (tertiary/aromatic N) is 1. The number of nitrogens with one attached hydrogen (secondary N) is 1. The number of carbonyl (C=O) groups is 1. The Labute approximate surface area is 161 Å². The zero-order chi connectivity index (χ0) is 19.1. The van der Waals surface area contributed by atoms with Gasteiger partial charge in [-0.2, -0.15) is 0 Å². The lowest BCUT2D eigenvalue weighted by atomic mass is 10.2. The third-order valence-electron chi connectivity index (χ3n) is 3.08. The number of aromatic hydroxyl groups is 1. The summed E-state index contributed by atoms with van der Waals surface area (Å²) in [5, 5.41) is 13.3. The van der Waals surface area contributed by atoms with Gasteiger partial charge in [-0.1, -0.05) is 53.3 Å². The lowest BCUT2D eigenvalue weighted by Crippen LogP contribution is -2.25. The molecule has 1 heterocycles. The molecule has 26 heavy (non-hydrogen) atoms. The SMILES string of the molecule is C=C(C)CNC(=O)c1ncc(C#CCOc2cccc(Cl)c2Cl)cc1O. The second-order valence-corrected chi connectivity index (χ2v) is 6.16. The molecule has 0 saturated heterocycles. The summed E-state index contributed by atoms with van der Waals surface area (Å²) in [7, 11) is 0. The Hall–Kier alpha value is -2.68. The molecule has 2 rings (SSSR count). The van der Waals surface area contributed by atoms with E-state index < -0.39 is 5.91 Å². The molecule has 0 aliphatic heterocycles.